The van der Waals surface area contributed by atoms with Gasteiger partial charge in [-0.1, -0.05) is 37.3 Å². The maximum atomic E-state index is 13.8. The number of para-hydroxylation sites is 1. The van der Waals surface area contributed by atoms with Crippen molar-refractivity contribution >= 4 is 15.7 Å². The Bertz CT molecular complexity index is 1340. The lowest BCUT2D eigenvalue weighted by Crippen LogP contribution is -2.48. The van der Waals surface area contributed by atoms with E-state index in [0.717, 1.165) is 53.6 Å². The van der Waals surface area contributed by atoms with Gasteiger partial charge in [-0.25, -0.2) is 13.5 Å². The Balaban J connectivity index is 1.47. The highest BCUT2D eigenvalue weighted by molar-refractivity contribution is 7.89. The number of nitrogens with zero attached hydrogens (tertiary/aromatic N) is 3. The van der Waals surface area contributed by atoms with Crippen molar-refractivity contribution in [1.82, 2.24) is 14.5 Å². The number of fused-ring (bicyclic) bond motifs is 1. The predicted octanol–water partition coefficient (Wildman–Crippen LogP) is 3.39. The van der Waals surface area contributed by atoms with Crippen LogP contribution in [-0.4, -0.2) is 49.1 Å². The van der Waals surface area contributed by atoms with E-state index in [-0.39, 0.29) is 5.56 Å². The van der Waals surface area contributed by atoms with Crippen molar-refractivity contribution in [2.75, 3.05) is 31.1 Å². The number of sulfonamides is 1. The third-order valence-electron chi connectivity index (χ3n) is 7.00. The molecule has 1 fully saturated rings. The molecule has 1 saturated heterocycles. The topological polar surface area (TPSA) is 86.4 Å². The summed E-state index contributed by atoms with van der Waals surface area (Å²) < 4.78 is 29.1. The number of hydrogen-bond acceptors (Lipinski definition) is 5. The normalized spacial score (nSPS) is 16.9. The summed E-state index contributed by atoms with van der Waals surface area (Å²) in [6.07, 6.45) is 4.15. The molecule has 2 aromatic carbocycles. The Morgan fingerprint density at radius 3 is 2.35 bits per heavy atom. The molecule has 0 saturated carbocycles. The van der Waals surface area contributed by atoms with Crippen LogP contribution in [0.15, 0.2) is 58.2 Å². The van der Waals surface area contributed by atoms with E-state index in [1.54, 1.807) is 10.4 Å². The lowest BCUT2D eigenvalue weighted by atomic mass is 9.89. The first kappa shape index (κ1) is 22.8. The van der Waals surface area contributed by atoms with Gasteiger partial charge in [-0.2, -0.15) is 9.40 Å². The largest absolute Gasteiger partial charge is 0.369 e. The molecule has 2 heterocycles. The zero-order chi connectivity index (χ0) is 23.7. The van der Waals surface area contributed by atoms with Crippen LogP contribution in [0.25, 0.3) is 11.3 Å². The number of anilines is 1. The van der Waals surface area contributed by atoms with E-state index in [1.165, 1.54) is 0 Å². The van der Waals surface area contributed by atoms with Crippen LogP contribution in [0.3, 0.4) is 0 Å². The standard InChI is InChI=1S/C26H30N4O3S/c1-2-19-12-13-20(25-22-10-6-7-11-23(22)26(31)28-27-25)18-24(19)34(32,33)30-16-14-29(15-17-30)21-8-4-3-5-9-21/h3-5,8-9,12-13,18H,2,6-7,10-11,14-17H2,1H3,(H,28,31). The molecule has 3 aromatic rings. The molecule has 34 heavy (non-hydrogen) atoms. The molecule has 1 aromatic heterocycles. The van der Waals surface area contributed by atoms with Gasteiger partial charge in [0, 0.05) is 43.0 Å². The Morgan fingerprint density at radius 2 is 1.65 bits per heavy atom. The highest BCUT2D eigenvalue weighted by atomic mass is 32.2. The van der Waals surface area contributed by atoms with Gasteiger partial charge >= 0.3 is 0 Å². The summed E-state index contributed by atoms with van der Waals surface area (Å²) in [6.45, 7) is 4.16. The minimum Gasteiger partial charge on any atom is -0.369 e. The lowest BCUT2D eigenvalue weighted by Gasteiger charge is -2.35. The first-order chi connectivity index (χ1) is 16.5. The summed E-state index contributed by atoms with van der Waals surface area (Å²) in [4.78, 5) is 14.9. The summed E-state index contributed by atoms with van der Waals surface area (Å²) >= 11 is 0. The van der Waals surface area contributed by atoms with Gasteiger partial charge in [0.15, 0.2) is 0 Å². The first-order valence-corrected chi connectivity index (χ1v) is 13.5. The molecule has 0 radical (unpaired) electrons. The zero-order valence-corrected chi connectivity index (χ0v) is 20.3. The molecule has 1 N–H and O–H groups in total. The van der Waals surface area contributed by atoms with Gasteiger partial charge in [-0.3, -0.25) is 4.79 Å². The SMILES string of the molecule is CCc1ccc(-c2n[nH]c(=O)c3c2CCCC3)cc1S(=O)(=O)N1CCN(c2ccccc2)CC1. The second-order valence-electron chi connectivity index (χ2n) is 8.97. The smallest absolute Gasteiger partial charge is 0.267 e. The van der Waals surface area contributed by atoms with E-state index in [0.29, 0.717) is 43.2 Å². The van der Waals surface area contributed by atoms with Crippen LogP contribution in [-0.2, 0) is 29.3 Å². The maximum Gasteiger partial charge on any atom is 0.267 e. The minimum absolute atomic E-state index is 0.132. The number of rotatable bonds is 5. The Labute approximate surface area is 200 Å². The highest BCUT2D eigenvalue weighted by Gasteiger charge is 2.31. The summed E-state index contributed by atoms with van der Waals surface area (Å²) in [6, 6.07) is 15.7. The third kappa shape index (κ3) is 4.16. The number of hydrogen-bond donors (Lipinski definition) is 1. The van der Waals surface area contributed by atoms with Crippen molar-refractivity contribution in [3.05, 3.63) is 75.6 Å². The van der Waals surface area contributed by atoms with Crippen molar-refractivity contribution in [1.29, 1.82) is 0 Å². The Hall–Kier alpha value is -2.97. The van der Waals surface area contributed by atoms with Gasteiger partial charge < -0.3 is 4.90 Å². The fraction of sp³-hybridized carbons (Fsp3) is 0.385. The molecule has 178 valence electrons. The van der Waals surface area contributed by atoms with Crippen LogP contribution in [0.1, 0.15) is 36.5 Å². The quantitative estimate of drug-likeness (QED) is 0.608. The van der Waals surface area contributed by atoms with E-state index in [1.807, 2.05) is 37.3 Å². The molecule has 1 aliphatic heterocycles. The number of benzene rings is 2. The predicted molar refractivity (Wildman–Crippen MR) is 134 cm³/mol. The molecule has 2 aliphatic rings. The number of piperazine rings is 1. The summed E-state index contributed by atoms with van der Waals surface area (Å²) in [5.74, 6) is 0. The Morgan fingerprint density at radius 1 is 0.941 bits per heavy atom. The minimum atomic E-state index is -3.66. The molecule has 8 heteroatoms. The first-order valence-electron chi connectivity index (χ1n) is 12.0. The molecule has 0 bridgehead atoms. The van der Waals surface area contributed by atoms with E-state index in [2.05, 4.69) is 27.2 Å². The van der Waals surface area contributed by atoms with Crippen molar-refractivity contribution in [3.8, 4) is 11.3 Å². The second kappa shape index (κ2) is 9.35. The van der Waals surface area contributed by atoms with Crippen LogP contribution >= 0.6 is 0 Å². The molecule has 1 aliphatic carbocycles. The number of aromatic nitrogens is 2. The van der Waals surface area contributed by atoms with Gasteiger partial charge in [0.05, 0.1) is 10.6 Å². The molecule has 7 nitrogen and oxygen atoms in total. The van der Waals surface area contributed by atoms with Gasteiger partial charge in [0.25, 0.3) is 5.56 Å². The number of nitrogens with one attached hydrogen (secondary N) is 1. The van der Waals surface area contributed by atoms with E-state index in [4.69, 9.17) is 0 Å². The molecule has 0 amide bonds. The summed E-state index contributed by atoms with van der Waals surface area (Å²) in [5, 5.41) is 6.97. The monoisotopic (exact) mass is 478 g/mol. The molecule has 0 unspecified atom stereocenters. The summed E-state index contributed by atoms with van der Waals surface area (Å²) in [5.41, 5.74) is 4.97. The van der Waals surface area contributed by atoms with Crippen LogP contribution in [0, 0.1) is 0 Å². The van der Waals surface area contributed by atoms with Crippen LogP contribution in [0.5, 0.6) is 0 Å². The van der Waals surface area contributed by atoms with Gasteiger partial charge in [-0.15, -0.1) is 0 Å². The van der Waals surface area contributed by atoms with Crippen molar-refractivity contribution < 1.29 is 8.42 Å². The van der Waals surface area contributed by atoms with Gasteiger partial charge in [-0.05, 0) is 61.4 Å². The van der Waals surface area contributed by atoms with E-state index >= 15 is 0 Å². The van der Waals surface area contributed by atoms with E-state index in [9.17, 15) is 13.2 Å². The number of aromatic amines is 1. The fourth-order valence-corrected chi connectivity index (χ4v) is 6.84. The Kier molecular flexibility index (Phi) is 6.27. The average Bonchev–Trinajstić information content (AvgIpc) is 2.89. The molecule has 0 atom stereocenters. The summed E-state index contributed by atoms with van der Waals surface area (Å²) in [7, 11) is -3.66. The van der Waals surface area contributed by atoms with Crippen molar-refractivity contribution in [2.24, 2.45) is 0 Å². The molecule has 0 spiro atoms. The van der Waals surface area contributed by atoms with Crippen LogP contribution in [0.4, 0.5) is 5.69 Å². The van der Waals surface area contributed by atoms with E-state index < -0.39 is 10.0 Å². The number of H-pyrrole nitrogens is 1. The van der Waals surface area contributed by atoms with Crippen LogP contribution < -0.4 is 10.5 Å². The second-order valence-corrected chi connectivity index (χ2v) is 10.9. The highest BCUT2D eigenvalue weighted by Crippen LogP contribution is 2.32. The van der Waals surface area contributed by atoms with Crippen LogP contribution in [0.2, 0.25) is 0 Å². The number of aryl methyl sites for hydroxylation is 1. The molecular formula is C26H30N4O3S. The molecule has 5 rings (SSSR count). The maximum absolute atomic E-state index is 13.8. The van der Waals surface area contributed by atoms with Gasteiger partial charge in [0.2, 0.25) is 10.0 Å². The average molecular weight is 479 g/mol. The van der Waals surface area contributed by atoms with Crippen molar-refractivity contribution in [2.45, 2.75) is 43.9 Å². The van der Waals surface area contributed by atoms with Crippen molar-refractivity contribution in [3.63, 3.8) is 0 Å². The van der Waals surface area contributed by atoms with Gasteiger partial charge in [0.1, 0.15) is 0 Å². The fourth-order valence-electron chi connectivity index (χ4n) is 5.10. The third-order valence-corrected chi connectivity index (χ3v) is 8.98. The zero-order valence-electron chi connectivity index (χ0n) is 19.5. The molecular weight excluding hydrogens is 448 g/mol. The lowest BCUT2D eigenvalue weighted by molar-refractivity contribution is 0.384.